The Labute approximate surface area is 135 Å². The average Bonchev–Trinajstić information content (AvgIpc) is 2.85. The second-order valence-electron chi connectivity index (χ2n) is 5.21. The molecule has 0 aromatic heterocycles. The van der Waals surface area contributed by atoms with Crippen molar-refractivity contribution in [2.75, 3.05) is 12.0 Å². The molecule has 2 aromatic carbocycles. The van der Waals surface area contributed by atoms with E-state index in [1.165, 1.54) is 12.0 Å². The smallest absolute Gasteiger partial charge is 0.416 e. The Balaban J connectivity index is 2.11. The first-order chi connectivity index (χ1) is 11.4. The van der Waals surface area contributed by atoms with Gasteiger partial charge in [-0.2, -0.15) is 18.4 Å². The fraction of sp³-hybridized carbons (Fsp3) is 0.176. The van der Waals surface area contributed by atoms with Crippen LogP contribution in [0, 0.1) is 11.3 Å². The number of hydrogen-bond donors (Lipinski definition) is 0. The van der Waals surface area contributed by atoms with Gasteiger partial charge in [-0.3, -0.25) is 9.69 Å². The minimum atomic E-state index is -4.54. The van der Waals surface area contributed by atoms with Gasteiger partial charge in [0.1, 0.15) is 5.75 Å². The molecule has 122 valence electrons. The Hall–Kier alpha value is -3.01. The van der Waals surface area contributed by atoms with Crippen LogP contribution in [0.3, 0.4) is 0 Å². The van der Waals surface area contributed by atoms with Crippen LogP contribution in [0.4, 0.5) is 18.9 Å². The molecule has 0 bridgehead atoms. The van der Waals surface area contributed by atoms with E-state index >= 15 is 0 Å². The van der Waals surface area contributed by atoms with Crippen LogP contribution in [0.1, 0.15) is 27.5 Å². The number of halogens is 3. The molecule has 1 aliphatic rings. The number of benzene rings is 2. The highest BCUT2D eigenvalue weighted by molar-refractivity contribution is 6.11. The molecule has 0 radical (unpaired) electrons. The zero-order valence-corrected chi connectivity index (χ0v) is 12.5. The molecule has 2 aromatic rings. The van der Waals surface area contributed by atoms with Crippen LogP contribution in [0.25, 0.3) is 0 Å². The first-order valence-electron chi connectivity index (χ1n) is 6.95. The van der Waals surface area contributed by atoms with Crippen molar-refractivity contribution in [3.05, 3.63) is 59.2 Å². The van der Waals surface area contributed by atoms with E-state index in [4.69, 9.17) is 4.74 Å². The fourth-order valence-corrected chi connectivity index (χ4v) is 2.70. The van der Waals surface area contributed by atoms with Crippen LogP contribution in [0.2, 0.25) is 0 Å². The van der Waals surface area contributed by atoms with Gasteiger partial charge in [0.15, 0.2) is 6.04 Å². The molecular formula is C17H11F3N2O2. The lowest BCUT2D eigenvalue weighted by atomic mass is 10.0. The molecule has 0 saturated heterocycles. The predicted molar refractivity (Wildman–Crippen MR) is 79.6 cm³/mol. The number of anilines is 1. The highest BCUT2D eigenvalue weighted by Gasteiger charge is 2.40. The van der Waals surface area contributed by atoms with Gasteiger partial charge in [-0.1, -0.05) is 6.07 Å². The molecule has 0 N–H and O–H groups in total. The Morgan fingerprint density at radius 2 is 1.96 bits per heavy atom. The summed E-state index contributed by atoms with van der Waals surface area (Å²) in [5, 5.41) is 9.43. The van der Waals surface area contributed by atoms with Crippen molar-refractivity contribution in [3.63, 3.8) is 0 Å². The summed E-state index contributed by atoms with van der Waals surface area (Å²) in [6, 6.07) is 10.1. The first kappa shape index (κ1) is 15.9. The number of carbonyl (C=O) groups excluding carboxylic acids is 1. The molecule has 7 heteroatoms. The minimum absolute atomic E-state index is 0.0557. The van der Waals surface area contributed by atoms with Gasteiger partial charge in [0.25, 0.3) is 5.91 Å². The van der Waals surface area contributed by atoms with E-state index in [1.807, 2.05) is 6.07 Å². The zero-order chi connectivity index (χ0) is 17.5. The van der Waals surface area contributed by atoms with Crippen LogP contribution < -0.4 is 9.64 Å². The highest BCUT2D eigenvalue weighted by Crippen LogP contribution is 2.40. The second-order valence-corrected chi connectivity index (χ2v) is 5.21. The molecular weight excluding hydrogens is 321 g/mol. The van der Waals surface area contributed by atoms with Gasteiger partial charge < -0.3 is 4.74 Å². The maximum Gasteiger partial charge on any atom is 0.416 e. The number of hydrogen-bond acceptors (Lipinski definition) is 3. The largest absolute Gasteiger partial charge is 0.497 e. The van der Waals surface area contributed by atoms with Gasteiger partial charge in [-0.05, 0) is 30.3 Å². The number of methoxy groups -OCH3 is 1. The zero-order valence-electron chi connectivity index (χ0n) is 12.5. The van der Waals surface area contributed by atoms with E-state index < -0.39 is 23.7 Å². The Bertz CT molecular complexity index is 856. The number of amides is 1. The fourth-order valence-electron chi connectivity index (χ4n) is 2.70. The summed E-state index contributed by atoms with van der Waals surface area (Å²) in [7, 11) is 1.46. The lowest BCUT2D eigenvalue weighted by molar-refractivity contribution is -0.137. The van der Waals surface area contributed by atoms with Crippen molar-refractivity contribution in [3.8, 4) is 11.8 Å². The number of rotatable bonds is 2. The molecule has 1 heterocycles. The third kappa shape index (κ3) is 2.46. The summed E-state index contributed by atoms with van der Waals surface area (Å²) in [6.07, 6.45) is -4.54. The second kappa shape index (κ2) is 5.57. The molecule has 0 aliphatic carbocycles. The molecule has 3 rings (SSSR count). The van der Waals surface area contributed by atoms with Crippen molar-refractivity contribution < 1.29 is 22.7 Å². The molecule has 1 atom stereocenters. The summed E-state index contributed by atoms with van der Waals surface area (Å²) in [5.41, 5.74) is -0.352. The molecule has 1 amide bonds. The Morgan fingerprint density at radius 3 is 2.58 bits per heavy atom. The minimum Gasteiger partial charge on any atom is -0.497 e. The van der Waals surface area contributed by atoms with E-state index in [-0.39, 0.29) is 11.1 Å². The molecule has 0 spiro atoms. The Kier molecular flexibility index (Phi) is 3.68. The van der Waals surface area contributed by atoms with Crippen LogP contribution in [-0.4, -0.2) is 13.0 Å². The number of nitriles is 1. The third-order valence-corrected chi connectivity index (χ3v) is 3.83. The van der Waals surface area contributed by atoms with Crippen molar-refractivity contribution >= 4 is 11.6 Å². The lowest BCUT2D eigenvalue weighted by Gasteiger charge is -2.20. The molecule has 0 saturated carbocycles. The number of fused-ring (bicyclic) bond motifs is 1. The van der Waals surface area contributed by atoms with Gasteiger partial charge in [0, 0.05) is 22.9 Å². The van der Waals surface area contributed by atoms with Crippen molar-refractivity contribution in [2.45, 2.75) is 12.2 Å². The third-order valence-electron chi connectivity index (χ3n) is 3.83. The molecule has 0 fully saturated rings. The van der Waals surface area contributed by atoms with Crippen LogP contribution in [0.5, 0.6) is 5.75 Å². The Morgan fingerprint density at radius 1 is 1.21 bits per heavy atom. The summed E-state index contributed by atoms with van der Waals surface area (Å²) in [6.45, 7) is 0. The van der Waals surface area contributed by atoms with E-state index in [0.29, 0.717) is 11.4 Å². The van der Waals surface area contributed by atoms with Gasteiger partial charge in [-0.25, -0.2) is 0 Å². The standard InChI is InChI=1S/C17H11F3N2O2/c1-24-12-4-2-3-11(8-12)22-15(9-21)14-7-10(17(18,19)20)5-6-13(14)16(22)23/h2-8,15H,1H3. The lowest BCUT2D eigenvalue weighted by Crippen LogP contribution is -2.26. The number of alkyl halides is 3. The first-order valence-corrected chi connectivity index (χ1v) is 6.95. The van der Waals surface area contributed by atoms with E-state index in [1.54, 1.807) is 24.3 Å². The van der Waals surface area contributed by atoms with E-state index in [0.717, 1.165) is 18.2 Å². The average molecular weight is 332 g/mol. The predicted octanol–water partition coefficient (Wildman–Crippen LogP) is 3.94. The normalized spacial score (nSPS) is 16.7. The highest BCUT2D eigenvalue weighted by atomic mass is 19.4. The number of ether oxygens (including phenoxy) is 1. The van der Waals surface area contributed by atoms with Crippen LogP contribution in [-0.2, 0) is 6.18 Å². The number of nitrogens with zero attached hydrogens (tertiary/aromatic N) is 2. The van der Waals surface area contributed by atoms with Gasteiger partial charge in [-0.15, -0.1) is 0 Å². The van der Waals surface area contributed by atoms with E-state index in [2.05, 4.69) is 0 Å². The summed E-state index contributed by atoms with van der Waals surface area (Å²) >= 11 is 0. The summed E-state index contributed by atoms with van der Waals surface area (Å²) < 4.78 is 43.8. The molecule has 1 unspecified atom stereocenters. The monoisotopic (exact) mass is 332 g/mol. The van der Waals surface area contributed by atoms with Gasteiger partial charge in [0.2, 0.25) is 0 Å². The summed E-state index contributed by atoms with van der Waals surface area (Å²) in [5.74, 6) is -0.0394. The van der Waals surface area contributed by atoms with Crippen molar-refractivity contribution in [1.82, 2.24) is 0 Å². The van der Waals surface area contributed by atoms with E-state index in [9.17, 15) is 23.2 Å². The van der Waals surface area contributed by atoms with Crippen LogP contribution >= 0.6 is 0 Å². The molecule has 1 aliphatic heterocycles. The van der Waals surface area contributed by atoms with Crippen LogP contribution in [0.15, 0.2) is 42.5 Å². The SMILES string of the molecule is COc1cccc(N2C(=O)c3ccc(C(F)(F)F)cc3C2C#N)c1. The van der Waals surface area contributed by atoms with Gasteiger partial charge in [0.05, 0.1) is 18.7 Å². The summed E-state index contributed by atoms with van der Waals surface area (Å²) in [4.78, 5) is 13.8. The molecule has 4 nitrogen and oxygen atoms in total. The maximum atomic E-state index is 12.9. The molecule has 24 heavy (non-hydrogen) atoms. The number of carbonyl (C=O) groups is 1. The van der Waals surface area contributed by atoms with Crippen molar-refractivity contribution in [1.29, 1.82) is 5.26 Å². The topological polar surface area (TPSA) is 53.3 Å². The van der Waals surface area contributed by atoms with Gasteiger partial charge >= 0.3 is 6.18 Å². The quantitative estimate of drug-likeness (QED) is 0.837. The maximum absolute atomic E-state index is 12.9. The van der Waals surface area contributed by atoms with Crippen molar-refractivity contribution in [2.24, 2.45) is 0 Å².